The molecule has 4 aromatic rings. The summed E-state index contributed by atoms with van der Waals surface area (Å²) in [6, 6.07) is 11.1. The molecule has 7 heteroatoms. The average molecular weight is 449 g/mol. The normalized spacial score (nSPS) is 11.2. The molecular weight excluding hydrogens is 439 g/mol. The number of rotatable bonds is 2. The first-order valence-corrected chi connectivity index (χ1v) is 8.43. The Morgan fingerprint density at radius 3 is 2.68 bits per heavy atom. The molecule has 1 amide bonds. The van der Waals surface area contributed by atoms with Crippen LogP contribution in [-0.4, -0.2) is 15.9 Å². The topological polar surface area (TPSA) is 57.8 Å². The predicted molar refractivity (Wildman–Crippen MR) is 100 cm³/mol. The van der Waals surface area contributed by atoms with Crippen molar-refractivity contribution < 1.29 is 13.6 Å². The van der Waals surface area contributed by atoms with Gasteiger partial charge in [-0.2, -0.15) is 0 Å². The molecule has 4 nitrogen and oxygen atoms in total. The molecule has 2 N–H and O–H groups in total. The van der Waals surface area contributed by atoms with E-state index in [4.69, 9.17) is 0 Å². The summed E-state index contributed by atoms with van der Waals surface area (Å²) < 4.78 is 29.5. The molecule has 0 atom stereocenters. The minimum absolute atomic E-state index is 0.203. The second-order valence-corrected chi connectivity index (χ2v) is 6.05. The van der Waals surface area contributed by atoms with Gasteiger partial charge in [-0.05, 0) is 30.3 Å². The lowest BCUT2D eigenvalue weighted by atomic mass is 10.0. The first kappa shape index (κ1) is 15.9. The smallest absolute Gasteiger partial charge is 0.260 e. The van der Waals surface area contributed by atoms with Gasteiger partial charge in [0.25, 0.3) is 5.91 Å². The number of aromatic nitrogens is 2. The molecule has 124 valence electrons. The third-order valence-electron chi connectivity index (χ3n) is 4.06. The van der Waals surface area contributed by atoms with Crippen LogP contribution >= 0.6 is 22.9 Å². The van der Waals surface area contributed by atoms with Crippen LogP contribution in [0.15, 0.2) is 48.7 Å². The van der Waals surface area contributed by atoms with Gasteiger partial charge in [0.1, 0.15) is 0 Å². The number of fused-ring (bicyclic) bond motifs is 2. The molecule has 25 heavy (non-hydrogen) atoms. The Hall–Kier alpha value is -2.55. The zero-order chi connectivity index (χ0) is 17.6. The molecule has 4 rings (SSSR count). The minimum atomic E-state index is -0.907. The van der Waals surface area contributed by atoms with E-state index in [-0.39, 0.29) is 5.91 Å². The second-order valence-electron chi connectivity index (χ2n) is 5.51. The molecule has 0 radical (unpaired) electrons. The third-order valence-corrected chi connectivity index (χ3v) is 4.55. The van der Waals surface area contributed by atoms with Crippen LogP contribution < -0.4 is 3.53 Å². The number of hydrogen-bond donors (Lipinski definition) is 2. The summed E-state index contributed by atoms with van der Waals surface area (Å²) in [4.78, 5) is 19.5. The fraction of sp³-hybridized carbons (Fsp3) is 0. The van der Waals surface area contributed by atoms with Crippen LogP contribution in [0.3, 0.4) is 0 Å². The van der Waals surface area contributed by atoms with Gasteiger partial charge in [0.05, 0.1) is 34.1 Å². The van der Waals surface area contributed by atoms with Gasteiger partial charge in [0, 0.05) is 39.7 Å². The van der Waals surface area contributed by atoms with Gasteiger partial charge in [-0.25, -0.2) is 13.8 Å². The zero-order valence-electron chi connectivity index (χ0n) is 12.6. The minimum Gasteiger partial charge on any atom is -0.360 e. The van der Waals surface area contributed by atoms with Crippen LogP contribution in [0.2, 0.25) is 0 Å². The standard InChI is InChI=1S/C18H10F2IN3O/c19-13-6-11-12(8-22-17(11)7-14(13)20)16-5-4-9-10(18(25)24-21)2-1-3-15(9)23-16/h1-8,22H,(H,24,25). The van der Waals surface area contributed by atoms with Crippen molar-refractivity contribution >= 4 is 50.6 Å². The van der Waals surface area contributed by atoms with Gasteiger partial charge in [0.2, 0.25) is 0 Å². The Bertz CT molecular complexity index is 1140. The molecule has 0 spiro atoms. The molecule has 2 aromatic carbocycles. The summed E-state index contributed by atoms with van der Waals surface area (Å²) in [5.41, 5.74) is 2.94. The van der Waals surface area contributed by atoms with E-state index in [1.807, 2.05) is 0 Å². The van der Waals surface area contributed by atoms with E-state index in [9.17, 15) is 13.6 Å². The number of halogens is 3. The van der Waals surface area contributed by atoms with Gasteiger partial charge >= 0.3 is 0 Å². The molecule has 0 unspecified atom stereocenters. The van der Waals surface area contributed by atoms with E-state index in [2.05, 4.69) is 13.5 Å². The van der Waals surface area contributed by atoms with E-state index in [1.54, 1.807) is 59.4 Å². The summed E-state index contributed by atoms with van der Waals surface area (Å²) in [5.74, 6) is -2.01. The number of hydrogen-bond acceptors (Lipinski definition) is 2. The Morgan fingerprint density at radius 2 is 1.88 bits per heavy atom. The fourth-order valence-corrected chi connectivity index (χ4v) is 3.17. The van der Waals surface area contributed by atoms with Crippen molar-refractivity contribution in [2.24, 2.45) is 0 Å². The summed E-state index contributed by atoms with van der Waals surface area (Å²) in [7, 11) is 0. The highest BCUT2D eigenvalue weighted by Gasteiger charge is 2.14. The molecule has 0 bridgehead atoms. The van der Waals surface area contributed by atoms with Crippen LogP contribution in [0.5, 0.6) is 0 Å². The SMILES string of the molecule is O=C(NI)c1cccc2nc(-c3c[nH]c4cc(F)c(F)cc34)ccc12. The average Bonchev–Trinajstić information content (AvgIpc) is 3.03. The number of carbonyl (C=O) groups excluding carboxylic acids is 1. The van der Waals surface area contributed by atoms with Crippen LogP contribution in [0.4, 0.5) is 8.78 Å². The Morgan fingerprint density at radius 1 is 1.08 bits per heavy atom. The lowest BCUT2D eigenvalue weighted by molar-refractivity contribution is 0.0991. The summed E-state index contributed by atoms with van der Waals surface area (Å²) >= 11 is 1.79. The Labute approximate surface area is 154 Å². The maximum Gasteiger partial charge on any atom is 0.260 e. The third kappa shape index (κ3) is 2.64. The van der Waals surface area contributed by atoms with Gasteiger partial charge in [-0.15, -0.1) is 0 Å². The van der Waals surface area contributed by atoms with Crippen LogP contribution in [0.25, 0.3) is 33.1 Å². The van der Waals surface area contributed by atoms with Crippen LogP contribution in [0.1, 0.15) is 10.4 Å². The number of pyridine rings is 1. The number of nitrogens with zero attached hydrogens (tertiary/aromatic N) is 1. The van der Waals surface area contributed by atoms with Crippen molar-refractivity contribution in [2.75, 3.05) is 0 Å². The summed E-state index contributed by atoms with van der Waals surface area (Å²) in [6.07, 6.45) is 1.67. The number of nitrogens with one attached hydrogen (secondary N) is 2. The molecule has 0 aliphatic carbocycles. The fourth-order valence-electron chi connectivity index (χ4n) is 2.88. The molecule has 0 saturated heterocycles. The lowest BCUT2D eigenvalue weighted by Gasteiger charge is -2.06. The second kappa shape index (κ2) is 6.07. The molecule has 0 aliphatic rings. The van der Waals surface area contributed by atoms with Crippen molar-refractivity contribution in [2.45, 2.75) is 0 Å². The highest BCUT2D eigenvalue weighted by atomic mass is 127. The van der Waals surface area contributed by atoms with Gasteiger partial charge in [-0.3, -0.25) is 8.32 Å². The monoisotopic (exact) mass is 449 g/mol. The number of carbonyl (C=O) groups is 1. The molecule has 0 aliphatic heterocycles. The number of amides is 1. The van der Waals surface area contributed by atoms with E-state index in [0.29, 0.717) is 33.2 Å². The summed E-state index contributed by atoms with van der Waals surface area (Å²) in [6.45, 7) is 0. The van der Waals surface area contributed by atoms with Gasteiger partial charge < -0.3 is 4.98 Å². The van der Waals surface area contributed by atoms with Crippen molar-refractivity contribution in [3.63, 3.8) is 0 Å². The summed E-state index contributed by atoms with van der Waals surface area (Å²) in [5, 5.41) is 1.27. The molecule has 0 fully saturated rings. The van der Waals surface area contributed by atoms with Crippen molar-refractivity contribution in [1.29, 1.82) is 0 Å². The quantitative estimate of drug-likeness (QED) is 0.343. The zero-order valence-corrected chi connectivity index (χ0v) is 14.8. The Kier molecular flexibility index (Phi) is 3.87. The largest absolute Gasteiger partial charge is 0.360 e. The number of aromatic amines is 1. The highest BCUT2D eigenvalue weighted by Crippen LogP contribution is 2.30. The van der Waals surface area contributed by atoms with E-state index >= 15 is 0 Å². The van der Waals surface area contributed by atoms with Crippen LogP contribution in [-0.2, 0) is 0 Å². The molecule has 2 aromatic heterocycles. The number of benzene rings is 2. The predicted octanol–water partition coefficient (Wildman–Crippen LogP) is 4.74. The van der Waals surface area contributed by atoms with Crippen molar-refractivity contribution in [1.82, 2.24) is 13.5 Å². The Balaban J connectivity index is 1.91. The maximum absolute atomic E-state index is 13.6. The lowest BCUT2D eigenvalue weighted by Crippen LogP contribution is -2.12. The van der Waals surface area contributed by atoms with Crippen molar-refractivity contribution in [3.05, 3.63) is 65.9 Å². The van der Waals surface area contributed by atoms with Crippen LogP contribution in [0, 0.1) is 11.6 Å². The highest BCUT2D eigenvalue weighted by molar-refractivity contribution is 14.1. The molecule has 2 heterocycles. The van der Waals surface area contributed by atoms with Gasteiger partial charge in [-0.1, -0.05) is 6.07 Å². The first-order chi connectivity index (χ1) is 12.1. The van der Waals surface area contributed by atoms with Gasteiger partial charge in [0.15, 0.2) is 11.6 Å². The van der Waals surface area contributed by atoms with Crippen molar-refractivity contribution in [3.8, 4) is 11.3 Å². The molecular formula is C18H10F2IN3O. The van der Waals surface area contributed by atoms with E-state index < -0.39 is 11.6 Å². The van der Waals surface area contributed by atoms with E-state index in [1.165, 1.54) is 0 Å². The maximum atomic E-state index is 13.6. The van der Waals surface area contributed by atoms with E-state index in [0.717, 1.165) is 17.5 Å². The molecule has 0 saturated carbocycles. The first-order valence-electron chi connectivity index (χ1n) is 7.36. The number of H-pyrrole nitrogens is 1.